The molecule has 0 fully saturated rings. The van der Waals surface area contributed by atoms with Crippen LogP contribution >= 0.6 is 0 Å². The Kier molecular flexibility index (Phi) is 3.56. The van der Waals surface area contributed by atoms with E-state index in [-0.39, 0.29) is 12.4 Å². The molecule has 2 aromatic rings. The Labute approximate surface area is 99.3 Å². The van der Waals surface area contributed by atoms with Crippen molar-refractivity contribution in [3.05, 3.63) is 35.6 Å². The summed E-state index contributed by atoms with van der Waals surface area (Å²) in [4.78, 5) is 11.7. The zero-order valence-corrected chi connectivity index (χ0v) is 9.73. The van der Waals surface area contributed by atoms with Crippen molar-refractivity contribution in [3.63, 3.8) is 0 Å². The third kappa shape index (κ3) is 2.54. The van der Waals surface area contributed by atoms with Gasteiger partial charge in [0.25, 0.3) is 0 Å². The van der Waals surface area contributed by atoms with Gasteiger partial charge in [0, 0.05) is 11.9 Å². The van der Waals surface area contributed by atoms with Gasteiger partial charge >= 0.3 is 0 Å². The first kappa shape index (κ1) is 11.8. The Hall–Kier alpha value is -1.65. The SMILES string of the molecule is Cc1cccc2cc(C(=O)COCCN)oc12. The summed E-state index contributed by atoms with van der Waals surface area (Å²) in [6.07, 6.45) is 0. The summed E-state index contributed by atoms with van der Waals surface area (Å²) in [5.41, 5.74) is 7.05. The molecule has 17 heavy (non-hydrogen) atoms. The van der Waals surface area contributed by atoms with E-state index in [1.54, 1.807) is 6.07 Å². The summed E-state index contributed by atoms with van der Waals surface area (Å²) in [5.74, 6) is 0.181. The van der Waals surface area contributed by atoms with Crippen molar-refractivity contribution in [1.82, 2.24) is 0 Å². The quantitative estimate of drug-likeness (QED) is 0.632. The smallest absolute Gasteiger partial charge is 0.223 e. The molecule has 2 rings (SSSR count). The Bertz CT molecular complexity index is 530. The molecule has 0 saturated carbocycles. The number of nitrogens with two attached hydrogens (primary N) is 1. The van der Waals surface area contributed by atoms with Crippen LogP contribution < -0.4 is 5.73 Å². The van der Waals surface area contributed by atoms with Gasteiger partial charge in [-0.25, -0.2) is 0 Å². The highest BCUT2D eigenvalue weighted by atomic mass is 16.5. The lowest BCUT2D eigenvalue weighted by molar-refractivity contribution is 0.0749. The summed E-state index contributed by atoms with van der Waals surface area (Å²) in [5, 5.41) is 0.937. The number of Topliss-reactive ketones (excluding diaryl/α,β-unsaturated/α-hetero) is 1. The van der Waals surface area contributed by atoms with E-state index >= 15 is 0 Å². The second kappa shape index (κ2) is 5.12. The average Bonchev–Trinajstić information content (AvgIpc) is 2.75. The van der Waals surface area contributed by atoms with Crippen molar-refractivity contribution in [2.75, 3.05) is 19.8 Å². The van der Waals surface area contributed by atoms with E-state index in [1.807, 2.05) is 25.1 Å². The standard InChI is InChI=1S/C13H15NO3/c1-9-3-2-4-10-7-12(17-13(9)10)11(15)8-16-6-5-14/h2-4,7H,5-6,8,14H2,1H3. The maximum absolute atomic E-state index is 11.7. The summed E-state index contributed by atoms with van der Waals surface area (Å²) in [7, 11) is 0. The van der Waals surface area contributed by atoms with Gasteiger partial charge in [-0.3, -0.25) is 4.79 Å². The largest absolute Gasteiger partial charge is 0.453 e. The van der Waals surface area contributed by atoms with Crippen molar-refractivity contribution >= 4 is 16.8 Å². The number of furan rings is 1. The second-order valence-corrected chi connectivity index (χ2v) is 3.87. The van der Waals surface area contributed by atoms with Gasteiger partial charge in [0.05, 0.1) is 6.61 Å². The van der Waals surface area contributed by atoms with Crippen molar-refractivity contribution in [1.29, 1.82) is 0 Å². The highest BCUT2D eigenvalue weighted by Crippen LogP contribution is 2.22. The van der Waals surface area contributed by atoms with Crippen LogP contribution in [-0.4, -0.2) is 25.5 Å². The lowest BCUT2D eigenvalue weighted by Gasteiger charge is -1.98. The van der Waals surface area contributed by atoms with Crippen LogP contribution in [0.1, 0.15) is 16.1 Å². The number of benzene rings is 1. The molecule has 0 aliphatic heterocycles. The molecule has 1 heterocycles. The molecule has 0 amide bonds. The number of carbonyl (C=O) groups excluding carboxylic acids is 1. The lowest BCUT2D eigenvalue weighted by atomic mass is 10.2. The van der Waals surface area contributed by atoms with Gasteiger partial charge < -0.3 is 14.9 Å². The summed E-state index contributed by atoms with van der Waals surface area (Å²) < 4.78 is 10.6. The fourth-order valence-corrected chi connectivity index (χ4v) is 1.67. The topological polar surface area (TPSA) is 65.5 Å². The number of carbonyl (C=O) groups is 1. The zero-order chi connectivity index (χ0) is 12.3. The van der Waals surface area contributed by atoms with Gasteiger partial charge in [-0.05, 0) is 18.6 Å². The summed E-state index contributed by atoms with van der Waals surface area (Å²) in [6.45, 7) is 2.75. The Balaban J connectivity index is 2.19. The van der Waals surface area contributed by atoms with E-state index in [9.17, 15) is 4.79 Å². The fraction of sp³-hybridized carbons (Fsp3) is 0.308. The molecule has 2 N–H and O–H groups in total. The van der Waals surface area contributed by atoms with Crippen molar-refractivity contribution in [2.24, 2.45) is 5.73 Å². The molecule has 4 heteroatoms. The first-order chi connectivity index (χ1) is 8.22. The van der Waals surface area contributed by atoms with Crippen LogP contribution in [0.3, 0.4) is 0 Å². The fourth-order valence-electron chi connectivity index (χ4n) is 1.67. The average molecular weight is 233 g/mol. The van der Waals surface area contributed by atoms with Crippen LogP contribution in [0.4, 0.5) is 0 Å². The highest BCUT2D eigenvalue weighted by molar-refractivity contribution is 5.98. The lowest BCUT2D eigenvalue weighted by Crippen LogP contribution is -2.14. The molecular formula is C13H15NO3. The van der Waals surface area contributed by atoms with Crippen LogP contribution in [0.5, 0.6) is 0 Å². The van der Waals surface area contributed by atoms with Crippen LogP contribution in [0.2, 0.25) is 0 Å². The summed E-state index contributed by atoms with van der Waals surface area (Å²) in [6, 6.07) is 7.55. The molecule has 0 unspecified atom stereocenters. The maximum atomic E-state index is 11.7. The zero-order valence-electron chi connectivity index (χ0n) is 9.73. The number of fused-ring (bicyclic) bond motifs is 1. The number of aryl methyl sites for hydroxylation is 1. The monoisotopic (exact) mass is 233 g/mol. The maximum Gasteiger partial charge on any atom is 0.223 e. The molecule has 90 valence electrons. The first-order valence-electron chi connectivity index (χ1n) is 5.52. The molecule has 1 aromatic carbocycles. The number of hydrogen-bond acceptors (Lipinski definition) is 4. The van der Waals surface area contributed by atoms with E-state index in [4.69, 9.17) is 14.9 Å². The second-order valence-electron chi connectivity index (χ2n) is 3.87. The van der Waals surface area contributed by atoms with E-state index in [0.29, 0.717) is 18.9 Å². The predicted molar refractivity (Wildman–Crippen MR) is 65.2 cm³/mol. The van der Waals surface area contributed by atoms with Gasteiger partial charge in [-0.2, -0.15) is 0 Å². The number of rotatable bonds is 5. The Morgan fingerprint density at radius 3 is 3.00 bits per heavy atom. The molecule has 0 aliphatic carbocycles. The minimum Gasteiger partial charge on any atom is -0.453 e. The number of hydrogen-bond donors (Lipinski definition) is 1. The van der Waals surface area contributed by atoms with E-state index in [0.717, 1.165) is 16.5 Å². The van der Waals surface area contributed by atoms with Crippen molar-refractivity contribution < 1.29 is 13.9 Å². The molecular weight excluding hydrogens is 218 g/mol. The third-order valence-electron chi connectivity index (χ3n) is 2.51. The van der Waals surface area contributed by atoms with Crippen LogP contribution in [-0.2, 0) is 4.74 Å². The molecule has 0 spiro atoms. The molecule has 0 saturated heterocycles. The van der Waals surface area contributed by atoms with Crippen LogP contribution in [0.15, 0.2) is 28.7 Å². The molecule has 0 bridgehead atoms. The molecule has 0 radical (unpaired) electrons. The summed E-state index contributed by atoms with van der Waals surface area (Å²) >= 11 is 0. The molecule has 0 aliphatic rings. The normalized spacial score (nSPS) is 10.9. The Morgan fingerprint density at radius 1 is 1.47 bits per heavy atom. The highest BCUT2D eigenvalue weighted by Gasteiger charge is 2.13. The number of ether oxygens (including phenoxy) is 1. The van der Waals surface area contributed by atoms with Crippen LogP contribution in [0.25, 0.3) is 11.0 Å². The first-order valence-corrected chi connectivity index (χ1v) is 5.52. The third-order valence-corrected chi connectivity index (χ3v) is 2.51. The van der Waals surface area contributed by atoms with Gasteiger partial charge in [0.1, 0.15) is 12.2 Å². The van der Waals surface area contributed by atoms with E-state index in [1.165, 1.54) is 0 Å². The molecule has 0 atom stereocenters. The van der Waals surface area contributed by atoms with Gasteiger partial charge in [-0.1, -0.05) is 18.2 Å². The predicted octanol–water partition coefficient (Wildman–Crippen LogP) is 1.90. The molecule has 4 nitrogen and oxygen atoms in total. The van der Waals surface area contributed by atoms with E-state index in [2.05, 4.69) is 0 Å². The van der Waals surface area contributed by atoms with Crippen LogP contribution in [0, 0.1) is 6.92 Å². The Morgan fingerprint density at radius 2 is 2.29 bits per heavy atom. The van der Waals surface area contributed by atoms with Gasteiger partial charge in [0.15, 0.2) is 5.76 Å². The minimum atomic E-state index is -0.158. The number of para-hydroxylation sites is 1. The van der Waals surface area contributed by atoms with Crippen molar-refractivity contribution in [3.8, 4) is 0 Å². The van der Waals surface area contributed by atoms with Gasteiger partial charge in [0.2, 0.25) is 5.78 Å². The van der Waals surface area contributed by atoms with E-state index < -0.39 is 0 Å². The van der Waals surface area contributed by atoms with Crippen molar-refractivity contribution in [2.45, 2.75) is 6.92 Å². The van der Waals surface area contributed by atoms with Gasteiger partial charge in [-0.15, -0.1) is 0 Å². The molecule has 1 aromatic heterocycles. The number of ketones is 1. The minimum absolute atomic E-state index is 0.00999.